The molecular formula is C23H15Cl2F2N9. The molecule has 0 amide bonds. The third-order valence-electron chi connectivity index (χ3n) is 5.34. The summed E-state index contributed by atoms with van der Waals surface area (Å²) in [6.45, 7) is 0. The number of hydrogen-bond donors (Lipinski definition) is 5. The fourth-order valence-corrected chi connectivity index (χ4v) is 4.21. The third kappa shape index (κ3) is 4.52. The highest BCUT2D eigenvalue weighted by atomic mass is 35.5. The van der Waals surface area contributed by atoms with E-state index < -0.39 is 17.8 Å². The van der Waals surface area contributed by atoms with Crippen LogP contribution < -0.4 is 27.0 Å². The summed E-state index contributed by atoms with van der Waals surface area (Å²) in [5, 5.41) is 17.1. The van der Waals surface area contributed by atoms with Gasteiger partial charge in [0.1, 0.15) is 11.2 Å². The van der Waals surface area contributed by atoms with E-state index in [0.29, 0.717) is 38.0 Å². The molecule has 1 atom stereocenters. The predicted molar refractivity (Wildman–Crippen MR) is 132 cm³/mol. The number of rotatable bonds is 6. The molecule has 0 bridgehead atoms. The quantitative estimate of drug-likeness (QED) is 0.225. The lowest BCUT2D eigenvalue weighted by molar-refractivity contribution is 0.480. The fourth-order valence-electron chi connectivity index (χ4n) is 3.71. The molecular weight excluding hydrogens is 511 g/mol. The summed E-state index contributed by atoms with van der Waals surface area (Å²) in [6, 6.07) is 9.53. The number of pyridine rings is 3. The van der Waals surface area contributed by atoms with Crippen LogP contribution in [0.2, 0.25) is 10.2 Å². The Morgan fingerprint density at radius 3 is 2.64 bits per heavy atom. The van der Waals surface area contributed by atoms with Gasteiger partial charge in [-0.05, 0) is 18.2 Å². The smallest absolute Gasteiger partial charge is 0.249 e. The average molecular weight is 526 g/mol. The molecule has 0 radical (unpaired) electrons. The minimum atomic E-state index is -1.23. The lowest BCUT2D eigenvalue weighted by atomic mass is 10.0. The molecule has 4 heterocycles. The number of aromatic nitrogens is 3. The zero-order chi connectivity index (χ0) is 25.2. The maximum Gasteiger partial charge on any atom is 0.249 e. The topological polar surface area (TPSA) is 123 Å². The van der Waals surface area contributed by atoms with Crippen molar-refractivity contribution in [1.82, 2.24) is 31.3 Å². The fraction of sp³-hybridized carbons (Fsp3) is 0.0435. The van der Waals surface area contributed by atoms with Crippen LogP contribution in [0.1, 0.15) is 17.2 Å². The Kier molecular flexibility index (Phi) is 6.39. The monoisotopic (exact) mass is 525 g/mol. The molecule has 0 spiro atoms. The highest BCUT2D eigenvalue weighted by Crippen LogP contribution is 2.37. The molecule has 1 aromatic carbocycles. The van der Waals surface area contributed by atoms with Crippen molar-refractivity contribution in [2.75, 3.05) is 10.6 Å². The number of anilines is 3. The van der Waals surface area contributed by atoms with Crippen molar-refractivity contribution < 1.29 is 8.78 Å². The van der Waals surface area contributed by atoms with Crippen molar-refractivity contribution >= 4 is 51.2 Å². The van der Waals surface area contributed by atoms with E-state index in [1.165, 1.54) is 6.20 Å². The highest BCUT2D eigenvalue weighted by molar-refractivity contribution is 6.36. The van der Waals surface area contributed by atoms with Crippen LogP contribution in [0.5, 0.6) is 0 Å². The molecule has 0 aliphatic carbocycles. The zero-order valence-electron chi connectivity index (χ0n) is 18.1. The van der Waals surface area contributed by atoms with Gasteiger partial charge in [0.25, 0.3) is 0 Å². The minimum Gasteiger partial charge on any atom is -0.373 e. The molecule has 1 aliphatic heterocycles. The van der Waals surface area contributed by atoms with Gasteiger partial charge in [-0.15, -0.1) is 0 Å². The van der Waals surface area contributed by atoms with Gasteiger partial charge in [-0.1, -0.05) is 29.3 Å². The number of nitrogens with zero attached hydrogens (tertiary/aromatic N) is 4. The second kappa shape index (κ2) is 9.79. The van der Waals surface area contributed by atoms with Gasteiger partial charge < -0.3 is 21.5 Å². The number of benzene rings is 1. The van der Waals surface area contributed by atoms with Crippen LogP contribution in [0.15, 0.2) is 60.8 Å². The van der Waals surface area contributed by atoms with E-state index >= 15 is 0 Å². The summed E-state index contributed by atoms with van der Waals surface area (Å²) in [7, 11) is 0. The molecule has 5 N–H and O–H groups in total. The zero-order valence-corrected chi connectivity index (χ0v) is 19.6. The van der Waals surface area contributed by atoms with Crippen LogP contribution in [0.3, 0.4) is 0 Å². The van der Waals surface area contributed by atoms with Gasteiger partial charge in [-0.2, -0.15) is 15.2 Å². The standard InChI is InChI=1S/C23H15Cl2F2N9/c24-16-5-12(33-21(18-10-32-36-35-18)14-2-1-3-29-22(14)25)4-15-19(11(7-28)8-30-20(15)16)34-13-6-17(26)23(27)31-9-13/h1-6,8-10,21,32-33,35-36H,(H,30,34)/t21-/m0/s1. The maximum atomic E-state index is 13.8. The summed E-state index contributed by atoms with van der Waals surface area (Å²) in [4.78, 5) is 11.9. The Morgan fingerprint density at radius 1 is 1.06 bits per heavy atom. The molecule has 36 heavy (non-hydrogen) atoms. The van der Waals surface area contributed by atoms with Crippen molar-refractivity contribution in [2.45, 2.75) is 6.04 Å². The van der Waals surface area contributed by atoms with Gasteiger partial charge in [-0.25, -0.2) is 14.4 Å². The second-order valence-electron chi connectivity index (χ2n) is 7.59. The van der Waals surface area contributed by atoms with Crippen LogP contribution in [-0.4, -0.2) is 15.0 Å². The summed E-state index contributed by atoms with van der Waals surface area (Å²) >= 11 is 12.9. The van der Waals surface area contributed by atoms with Crippen molar-refractivity contribution in [3.05, 3.63) is 93.9 Å². The summed E-state index contributed by atoms with van der Waals surface area (Å²) in [5.74, 6) is -2.36. The van der Waals surface area contributed by atoms with E-state index in [1.54, 1.807) is 30.6 Å². The Labute approximate surface area is 213 Å². The SMILES string of the molecule is N#Cc1cnc2c(Cl)cc(N[C@H](C3=CNNN3)c3cccnc3Cl)cc2c1Nc1cnc(F)c(F)c1. The third-order valence-corrected chi connectivity index (χ3v) is 5.94. The van der Waals surface area contributed by atoms with Crippen molar-refractivity contribution in [3.8, 4) is 6.07 Å². The minimum absolute atomic E-state index is 0.143. The average Bonchev–Trinajstić information content (AvgIpc) is 3.40. The largest absolute Gasteiger partial charge is 0.373 e. The van der Waals surface area contributed by atoms with E-state index in [1.807, 2.05) is 6.07 Å². The van der Waals surface area contributed by atoms with Gasteiger partial charge in [0.2, 0.25) is 5.95 Å². The second-order valence-corrected chi connectivity index (χ2v) is 8.35. The van der Waals surface area contributed by atoms with Gasteiger partial charge in [0.15, 0.2) is 5.82 Å². The maximum absolute atomic E-state index is 13.8. The Morgan fingerprint density at radius 2 is 1.92 bits per heavy atom. The number of nitrogens with one attached hydrogen (secondary N) is 5. The molecule has 3 aromatic heterocycles. The highest BCUT2D eigenvalue weighted by Gasteiger charge is 2.23. The van der Waals surface area contributed by atoms with Gasteiger partial charge in [-0.3, -0.25) is 4.98 Å². The van der Waals surface area contributed by atoms with Crippen LogP contribution in [0, 0.1) is 23.1 Å². The van der Waals surface area contributed by atoms with Crippen LogP contribution >= 0.6 is 23.2 Å². The van der Waals surface area contributed by atoms with Gasteiger partial charge in [0, 0.05) is 41.3 Å². The molecule has 5 rings (SSSR count). The number of halogens is 4. The predicted octanol–water partition coefficient (Wildman–Crippen LogP) is 4.83. The summed E-state index contributed by atoms with van der Waals surface area (Å²) in [6.07, 6.45) is 5.78. The first-order chi connectivity index (χ1) is 17.4. The molecule has 0 fully saturated rings. The van der Waals surface area contributed by atoms with E-state index in [4.69, 9.17) is 23.2 Å². The molecule has 1 aliphatic rings. The van der Waals surface area contributed by atoms with Crippen molar-refractivity contribution in [3.63, 3.8) is 0 Å². The van der Waals surface area contributed by atoms with Crippen molar-refractivity contribution in [1.29, 1.82) is 5.26 Å². The van der Waals surface area contributed by atoms with E-state index in [-0.39, 0.29) is 11.3 Å². The van der Waals surface area contributed by atoms with Gasteiger partial charge >= 0.3 is 0 Å². The molecule has 13 heteroatoms. The Hall–Kier alpha value is -4.24. The van der Waals surface area contributed by atoms with E-state index in [9.17, 15) is 14.0 Å². The lowest BCUT2D eigenvalue weighted by Gasteiger charge is -2.23. The van der Waals surface area contributed by atoms with Gasteiger partial charge in [0.05, 0.1) is 45.4 Å². The van der Waals surface area contributed by atoms with Crippen LogP contribution in [0.4, 0.5) is 25.8 Å². The first-order valence-electron chi connectivity index (χ1n) is 10.4. The normalized spacial score (nSPS) is 13.4. The molecule has 0 saturated carbocycles. The molecule has 0 unspecified atom stereocenters. The van der Waals surface area contributed by atoms with E-state index in [2.05, 4.69) is 48.0 Å². The molecule has 4 aromatic rings. The Bertz CT molecular complexity index is 1560. The summed E-state index contributed by atoms with van der Waals surface area (Å²) in [5.41, 5.74) is 11.6. The van der Waals surface area contributed by atoms with Crippen LogP contribution in [0.25, 0.3) is 10.9 Å². The number of fused-ring (bicyclic) bond motifs is 1. The lowest BCUT2D eigenvalue weighted by Crippen LogP contribution is -2.34. The van der Waals surface area contributed by atoms with Crippen LogP contribution in [-0.2, 0) is 0 Å². The molecule has 180 valence electrons. The first kappa shape index (κ1) is 23.5. The number of nitriles is 1. The van der Waals surface area contributed by atoms with Crippen molar-refractivity contribution in [2.24, 2.45) is 0 Å². The number of hydrogen-bond acceptors (Lipinski definition) is 9. The van der Waals surface area contributed by atoms with E-state index in [0.717, 1.165) is 18.0 Å². The molecule has 9 nitrogen and oxygen atoms in total. The first-order valence-corrected chi connectivity index (χ1v) is 11.1. The Balaban J connectivity index is 1.61. The number of hydrazine groups is 2. The summed E-state index contributed by atoms with van der Waals surface area (Å²) < 4.78 is 27.1. The molecule has 0 saturated heterocycles.